The molecule has 2 spiro atoms. The van der Waals surface area contributed by atoms with Crippen LogP contribution in [-0.4, -0.2) is 57.6 Å². The molecule has 3 saturated carbocycles. The minimum atomic E-state index is -4.14. The van der Waals surface area contributed by atoms with E-state index in [-0.39, 0.29) is 16.0 Å². The van der Waals surface area contributed by atoms with Gasteiger partial charge in [-0.25, -0.2) is 22.8 Å². The van der Waals surface area contributed by atoms with Crippen molar-refractivity contribution >= 4 is 21.7 Å². The third kappa shape index (κ3) is 4.16. The number of sulfonamides is 1. The number of hydrogen-bond donors (Lipinski definition) is 1. The third-order valence-corrected chi connectivity index (χ3v) is 11.4. The summed E-state index contributed by atoms with van der Waals surface area (Å²) >= 11 is 0. The first-order valence-electron chi connectivity index (χ1n) is 14.4. The Kier molecular flexibility index (Phi) is 5.53. The first kappa shape index (κ1) is 26.5. The Balaban J connectivity index is 1.16. The molecule has 4 heterocycles. The molecule has 41 heavy (non-hydrogen) atoms. The highest BCUT2D eigenvalue weighted by atomic mass is 32.2. The minimum absolute atomic E-state index is 0.0370. The molecule has 0 bridgehead atoms. The van der Waals surface area contributed by atoms with Crippen molar-refractivity contribution in [1.29, 1.82) is 0 Å². The molecule has 1 atom stereocenters. The van der Waals surface area contributed by atoms with Gasteiger partial charge in [-0.15, -0.1) is 5.10 Å². The molecule has 218 valence electrons. The van der Waals surface area contributed by atoms with Gasteiger partial charge in [0.15, 0.2) is 5.82 Å². The van der Waals surface area contributed by atoms with Crippen molar-refractivity contribution in [2.24, 2.45) is 29.7 Å². The highest BCUT2D eigenvalue weighted by molar-refractivity contribution is 7.90. The summed E-state index contributed by atoms with van der Waals surface area (Å²) < 4.78 is 37.6. The average molecular weight is 580 g/mol. The Labute approximate surface area is 240 Å². The number of ether oxygens (including phenoxy) is 1. The number of hydrogen-bond acceptors (Lipinski definition) is 8. The summed E-state index contributed by atoms with van der Waals surface area (Å²) in [7, 11) is -2.50. The van der Waals surface area contributed by atoms with Crippen molar-refractivity contribution in [2.75, 3.05) is 18.1 Å². The van der Waals surface area contributed by atoms with Gasteiger partial charge >= 0.3 is 0 Å². The van der Waals surface area contributed by atoms with E-state index in [9.17, 15) is 13.2 Å². The fourth-order valence-electron chi connectivity index (χ4n) is 7.78. The van der Waals surface area contributed by atoms with E-state index in [0.29, 0.717) is 59.0 Å². The highest BCUT2D eigenvalue weighted by Crippen LogP contribution is 2.92. The van der Waals surface area contributed by atoms with Crippen LogP contribution in [0.3, 0.4) is 0 Å². The van der Waals surface area contributed by atoms with E-state index in [1.54, 1.807) is 37.0 Å². The average Bonchev–Trinajstić information content (AvgIpc) is 3.83. The molecule has 4 fully saturated rings. The number of aromatic nitrogens is 5. The van der Waals surface area contributed by atoms with Crippen LogP contribution in [0.2, 0.25) is 0 Å². The zero-order valence-corrected chi connectivity index (χ0v) is 25.0. The smallest absolute Gasteiger partial charge is 0.268 e. The summed E-state index contributed by atoms with van der Waals surface area (Å²) in [6.45, 7) is 9.37. The molecule has 11 nitrogen and oxygen atoms in total. The van der Waals surface area contributed by atoms with E-state index in [2.05, 4.69) is 40.6 Å². The van der Waals surface area contributed by atoms with Crippen LogP contribution in [0, 0.1) is 29.6 Å². The summed E-state index contributed by atoms with van der Waals surface area (Å²) in [6, 6.07) is 5.15. The maximum absolute atomic E-state index is 13.5. The summed E-state index contributed by atoms with van der Waals surface area (Å²) in [5, 5.41) is 8.73. The maximum Gasteiger partial charge on any atom is 0.268 e. The zero-order valence-electron chi connectivity index (χ0n) is 24.2. The van der Waals surface area contributed by atoms with Crippen molar-refractivity contribution < 1.29 is 17.9 Å². The Morgan fingerprint density at radius 1 is 1.12 bits per heavy atom. The lowest BCUT2D eigenvalue weighted by Gasteiger charge is -2.34. The number of aryl methyl sites for hydroxylation is 2. The number of rotatable bonds is 8. The summed E-state index contributed by atoms with van der Waals surface area (Å²) in [4.78, 5) is 20.5. The van der Waals surface area contributed by atoms with Crippen LogP contribution in [0.15, 0.2) is 35.5 Å². The number of nitrogens with zero attached hydrogens (tertiary/aromatic N) is 6. The molecule has 1 N–H and O–H groups in total. The SMILES string of the molecule is Cc1nn(C)cc1S(=O)(=O)NC(=O)c1ccc(-n2ccc(OCC3C4(CC4)C34CC4)n2)nc1N1CC(C)CC1(C)C. The van der Waals surface area contributed by atoms with Crippen LogP contribution in [-0.2, 0) is 17.1 Å². The number of amides is 1. The minimum Gasteiger partial charge on any atom is -0.476 e. The van der Waals surface area contributed by atoms with E-state index < -0.39 is 15.9 Å². The van der Waals surface area contributed by atoms with Crippen molar-refractivity contribution in [3.63, 3.8) is 0 Å². The first-order valence-corrected chi connectivity index (χ1v) is 15.9. The molecule has 1 unspecified atom stereocenters. The number of anilines is 1. The lowest BCUT2D eigenvalue weighted by molar-refractivity contribution is 0.0981. The van der Waals surface area contributed by atoms with Gasteiger partial charge in [-0.2, -0.15) is 5.10 Å². The lowest BCUT2D eigenvalue weighted by Crippen LogP contribution is -2.41. The van der Waals surface area contributed by atoms with Crippen LogP contribution < -0.4 is 14.4 Å². The molecule has 3 aromatic heterocycles. The number of pyridine rings is 1. The molecule has 1 saturated heterocycles. The summed E-state index contributed by atoms with van der Waals surface area (Å²) in [5.41, 5.74) is 1.37. The summed E-state index contributed by atoms with van der Waals surface area (Å²) in [6.07, 6.45) is 9.48. The molecular formula is C29H37N7O4S. The third-order valence-electron chi connectivity index (χ3n) is 9.94. The maximum atomic E-state index is 13.5. The van der Waals surface area contributed by atoms with E-state index in [4.69, 9.17) is 9.72 Å². The normalized spacial score (nSPS) is 23.2. The van der Waals surface area contributed by atoms with Crippen LogP contribution in [0.25, 0.3) is 5.82 Å². The standard InChI is InChI=1S/C29H37N7O4S/c1-18-14-27(3,4)35(15-18)25-20(26(37)33-41(38,39)21-16-34(5)31-19(21)2)6-7-23(30-25)36-13-8-24(32-36)40-17-22-28(9-10-28)29(22)11-12-29/h6-8,13,16,18,22H,9-12,14-15,17H2,1-5H3,(H,33,37). The monoisotopic (exact) mass is 579 g/mol. The Morgan fingerprint density at radius 2 is 1.83 bits per heavy atom. The molecule has 12 heteroatoms. The number of fused-ring (bicyclic) bond motifs is 1. The number of carbonyl (C=O) groups is 1. The topological polar surface area (TPSA) is 124 Å². The van der Waals surface area contributed by atoms with Crippen molar-refractivity contribution in [3.05, 3.63) is 41.9 Å². The quantitative estimate of drug-likeness (QED) is 0.429. The Hall–Kier alpha value is -3.41. The van der Waals surface area contributed by atoms with Gasteiger partial charge in [-0.05, 0) is 81.8 Å². The predicted octanol–water partition coefficient (Wildman–Crippen LogP) is 3.62. The van der Waals surface area contributed by atoms with Gasteiger partial charge < -0.3 is 9.64 Å². The van der Waals surface area contributed by atoms with Gasteiger partial charge in [0.25, 0.3) is 15.9 Å². The van der Waals surface area contributed by atoms with Crippen molar-refractivity contribution in [1.82, 2.24) is 29.3 Å². The summed E-state index contributed by atoms with van der Waals surface area (Å²) in [5.74, 6) is 1.81. The van der Waals surface area contributed by atoms with Gasteiger partial charge in [-0.1, -0.05) is 6.92 Å². The molecule has 4 aliphatic rings. The van der Waals surface area contributed by atoms with Crippen LogP contribution >= 0.6 is 0 Å². The van der Waals surface area contributed by atoms with Gasteiger partial charge in [-0.3, -0.25) is 9.48 Å². The Bertz CT molecular complexity index is 1650. The molecule has 1 aliphatic heterocycles. The largest absolute Gasteiger partial charge is 0.476 e. The van der Waals surface area contributed by atoms with Crippen molar-refractivity contribution in [3.8, 4) is 11.7 Å². The molecule has 7 rings (SSSR count). The number of carbonyl (C=O) groups excluding carboxylic acids is 1. The van der Waals surface area contributed by atoms with E-state index in [1.165, 1.54) is 36.6 Å². The fourth-order valence-corrected chi connectivity index (χ4v) is 8.97. The van der Waals surface area contributed by atoms with Gasteiger partial charge in [0.1, 0.15) is 10.7 Å². The Morgan fingerprint density at radius 3 is 2.41 bits per heavy atom. The lowest BCUT2D eigenvalue weighted by atomic mass is 9.97. The second-order valence-electron chi connectivity index (χ2n) is 13.2. The molecule has 0 aromatic carbocycles. The number of nitrogens with one attached hydrogen (secondary N) is 1. The highest BCUT2D eigenvalue weighted by Gasteiger charge is 2.86. The predicted molar refractivity (Wildman–Crippen MR) is 151 cm³/mol. The van der Waals surface area contributed by atoms with Gasteiger partial charge in [0, 0.05) is 43.5 Å². The molecule has 3 aromatic rings. The van der Waals surface area contributed by atoms with Crippen LogP contribution in [0.4, 0.5) is 5.82 Å². The molecule has 1 amide bonds. The second-order valence-corrected chi connectivity index (χ2v) is 14.9. The zero-order chi connectivity index (χ0) is 28.9. The molecule has 3 aliphatic carbocycles. The first-order chi connectivity index (χ1) is 19.4. The van der Waals surface area contributed by atoms with E-state index in [0.717, 1.165) is 6.42 Å². The van der Waals surface area contributed by atoms with Crippen LogP contribution in [0.5, 0.6) is 5.88 Å². The molecule has 0 radical (unpaired) electrons. The van der Waals surface area contributed by atoms with E-state index >= 15 is 0 Å². The van der Waals surface area contributed by atoms with Crippen molar-refractivity contribution in [2.45, 2.75) is 70.2 Å². The molecular weight excluding hydrogens is 542 g/mol. The van der Waals surface area contributed by atoms with Gasteiger partial charge in [0.05, 0.1) is 17.9 Å². The van der Waals surface area contributed by atoms with Crippen LogP contribution in [0.1, 0.15) is 68.9 Å². The van der Waals surface area contributed by atoms with E-state index in [1.807, 2.05) is 6.07 Å². The van der Waals surface area contributed by atoms with Gasteiger partial charge in [0.2, 0.25) is 5.88 Å². The second kappa shape index (κ2) is 8.56. The fraction of sp³-hybridized carbons (Fsp3) is 0.586.